The Hall–Kier alpha value is -2.78. The van der Waals surface area contributed by atoms with E-state index in [1.165, 1.54) is 13.2 Å². The highest BCUT2D eigenvalue weighted by molar-refractivity contribution is 7.95. The summed E-state index contributed by atoms with van der Waals surface area (Å²) < 4.78 is 29.9. The normalized spacial score (nSPS) is 11.7. The molecule has 6 heteroatoms. The van der Waals surface area contributed by atoms with Crippen molar-refractivity contribution in [2.75, 3.05) is 12.8 Å². The number of rotatable bonds is 5. The number of anilines is 1. The van der Waals surface area contributed by atoms with Crippen LogP contribution in [-0.2, 0) is 15.6 Å². The number of methoxy groups -OCH3 is 1. The maximum atomic E-state index is 12.4. The van der Waals surface area contributed by atoms with Gasteiger partial charge in [0.2, 0.25) is 0 Å². The van der Waals surface area contributed by atoms with Gasteiger partial charge in [-0.15, -0.1) is 0 Å². The fraction of sp³-hybridized carbons (Fsp3) is 0.118. The predicted molar refractivity (Wildman–Crippen MR) is 90.1 cm³/mol. The molecule has 0 radical (unpaired) electrons. The zero-order chi connectivity index (χ0) is 16.9. The van der Waals surface area contributed by atoms with Gasteiger partial charge in [0.05, 0.1) is 12.9 Å². The minimum absolute atomic E-state index is 0.245. The highest BCUT2D eigenvalue weighted by atomic mass is 32.2. The molecule has 0 heterocycles. The number of nitrogens with zero attached hydrogens (tertiary/aromatic N) is 1. The summed E-state index contributed by atoms with van der Waals surface area (Å²) in [6.45, 7) is 0. The Morgan fingerprint density at radius 3 is 2.30 bits per heavy atom. The van der Waals surface area contributed by atoms with E-state index in [2.05, 4.69) is 0 Å². The van der Waals surface area contributed by atoms with Gasteiger partial charge in [-0.3, -0.25) is 0 Å². The van der Waals surface area contributed by atoms with Crippen LogP contribution in [-0.4, -0.2) is 15.5 Å². The van der Waals surface area contributed by atoms with E-state index in [1.54, 1.807) is 54.6 Å². The Bertz CT molecular complexity index is 846. The van der Waals surface area contributed by atoms with Crippen molar-refractivity contribution in [1.29, 1.82) is 5.26 Å². The number of sulfone groups is 1. The molecule has 0 atom stereocenters. The van der Waals surface area contributed by atoms with Crippen molar-refractivity contribution in [3.8, 4) is 11.8 Å². The monoisotopic (exact) mass is 328 g/mol. The number of nitrogens with two attached hydrogens (primary N) is 1. The number of allylic oxidation sites excluding steroid dienone is 1. The minimum Gasteiger partial charge on any atom is -0.497 e. The van der Waals surface area contributed by atoms with Crippen molar-refractivity contribution in [2.45, 2.75) is 5.75 Å². The van der Waals surface area contributed by atoms with Crippen molar-refractivity contribution in [1.82, 2.24) is 0 Å². The first kappa shape index (κ1) is 16.6. The van der Waals surface area contributed by atoms with Crippen molar-refractivity contribution in [3.63, 3.8) is 0 Å². The van der Waals surface area contributed by atoms with E-state index in [-0.39, 0.29) is 10.7 Å². The van der Waals surface area contributed by atoms with Crippen LogP contribution in [0.2, 0.25) is 0 Å². The predicted octanol–water partition coefficient (Wildman–Crippen LogP) is 2.76. The minimum atomic E-state index is -3.73. The van der Waals surface area contributed by atoms with Crippen molar-refractivity contribution in [3.05, 3.63) is 64.6 Å². The molecule has 2 aromatic rings. The number of nitriles is 1. The molecule has 2 aromatic carbocycles. The molecule has 0 bridgehead atoms. The van der Waals surface area contributed by atoms with Gasteiger partial charge in [0.15, 0.2) is 9.84 Å². The van der Waals surface area contributed by atoms with Gasteiger partial charge < -0.3 is 10.5 Å². The summed E-state index contributed by atoms with van der Waals surface area (Å²) in [6.07, 6.45) is 1.35. The molecule has 0 aliphatic carbocycles. The maximum absolute atomic E-state index is 12.4. The Morgan fingerprint density at radius 2 is 1.78 bits per heavy atom. The lowest BCUT2D eigenvalue weighted by Crippen LogP contribution is -2.06. The zero-order valence-corrected chi connectivity index (χ0v) is 13.4. The van der Waals surface area contributed by atoms with E-state index in [0.29, 0.717) is 22.6 Å². The molecule has 0 spiro atoms. The summed E-state index contributed by atoms with van der Waals surface area (Å²) in [7, 11) is -2.19. The molecule has 5 nitrogen and oxygen atoms in total. The van der Waals surface area contributed by atoms with Gasteiger partial charge >= 0.3 is 0 Å². The smallest absolute Gasteiger partial charge is 0.192 e. The SMILES string of the molecule is COc1ccc(CS(=O)(=O)/C(C#N)=C\c2ccc(N)cc2)cc1. The Kier molecular flexibility index (Phi) is 5.04. The lowest BCUT2D eigenvalue weighted by atomic mass is 10.2. The van der Waals surface area contributed by atoms with E-state index in [4.69, 9.17) is 10.5 Å². The third-order valence-corrected chi connectivity index (χ3v) is 4.79. The van der Waals surface area contributed by atoms with E-state index >= 15 is 0 Å². The van der Waals surface area contributed by atoms with Gasteiger partial charge in [0.1, 0.15) is 16.7 Å². The van der Waals surface area contributed by atoms with Crippen LogP contribution in [0.1, 0.15) is 11.1 Å². The molecule has 0 amide bonds. The fourth-order valence-corrected chi connectivity index (χ4v) is 3.20. The number of hydrogen-bond acceptors (Lipinski definition) is 5. The van der Waals surface area contributed by atoms with Gasteiger partial charge in [0.25, 0.3) is 0 Å². The molecule has 2 rings (SSSR count). The van der Waals surface area contributed by atoms with Gasteiger partial charge in [-0.1, -0.05) is 24.3 Å². The molecule has 0 aliphatic heterocycles. The van der Waals surface area contributed by atoms with Crippen molar-refractivity contribution >= 4 is 21.6 Å². The Balaban J connectivity index is 2.28. The van der Waals surface area contributed by atoms with Crippen LogP contribution in [0.4, 0.5) is 5.69 Å². The first-order valence-electron chi connectivity index (χ1n) is 6.77. The van der Waals surface area contributed by atoms with Crippen molar-refractivity contribution in [2.24, 2.45) is 0 Å². The van der Waals surface area contributed by atoms with Crippen LogP contribution in [0.25, 0.3) is 6.08 Å². The quantitative estimate of drug-likeness (QED) is 0.673. The summed E-state index contributed by atoms with van der Waals surface area (Å²) in [5.74, 6) is 0.398. The van der Waals surface area contributed by atoms with Crippen molar-refractivity contribution < 1.29 is 13.2 Å². The fourth-order valence-electron chi connectivity index (χ4n) is 1.95. The highest BCUT2D eigenvalue weighted by Crippen LogP contribution is 2.19. The molecule has 0 fully saturated rings. The average molecular weight is 328 g/mol. The third kappa shape index (κ3) is 4.34. The van der Waals surface area contributed by atoms with E-state index in [0.717, 1.165) is 0 Å². The molecular formula is C17H16N2O3S. The summed E-state index contributed by atoms with van der Waals surface area (Å²) in [6, 6.07) is 15.1. The number of hydrogen-bond donors (Lipinski definition) is 1. The number of nitrogen functional groups attached to an aromatic ring is 1. The van der Waals surface area contributed by atoms with Crippen LogP contribution in [0.3, 0.4) is 0 Å². The lowest BCUT2D eigenvalue weighted by molar-refractivity contribution is 0.414. The summed E-state index contributed by atoms with van der Waals surface area (Å²) in [5, 5.41) is 9.20. The molecule has 0 saturated heterocycles. The van der Waals surface area contributed by atoms with Gasteiger partial charge in [-0.25, -0.2) is 8.42 Å². The topological polar surface area (TPSA) is 93.2 Å². The van der Waals surface area contributed by atoms with Gasteiger partial charge in [-0.05, 0) is 41.5 Å². The second-order valence-electron chi connectivity index (χ2n) is 4.89. The van der Waals surface area contributed by atoms with Gasteiger partial charge in [0, 0.05) is 5.69 Å². The standard InChI is InChI=1S/C17H16N2O3S/c1-22-16-8-4-14(5-9-16)12-23(20,21)17(11-18)10-13-2-6-15(19)7-3-13/h2-10H,12,19H2,1H3/b17-10-. The Morgan fingerprint density at radius 1 is 1.17 bits per heavy atom. The molecule has 0 unspecified atom stereocenters. The second-order valence-corrected chi connectivity index (χ2v) is 6.85. The molecule has 2 N–H and O–H groups in total. The first-order valence-corrected chi connectivity index (χ1v) is 8.43. The summed E-state index contributed by atoms with van der Waals surface area (Å²) in [4.78, 5) is -0.280. The molecule has 0 aliphatic rings. The lowest BCUT2D eigenvalue weighted by Gasteiger charge is -2.05. The molecular weight excluding hydrogens is 312 g/mol. The molecule has 118 valence electrons. The van der Waals surface area contributed by atoms with Crippen LogP contribution in [0, 0.1) is 11.3 Å². The molecule has 23 heavy (non-hydrogen) atoms. The maximum Gasteiger partial charge on any atom is 0.192 e. The molecule has 0 saturated carbocycles. The summed E-state index contributed by atoms with van der Waals surface area (Å²) in [5.41, 5.74) is 7.35. The first-order chi connectivity index (χ1) is 10.9. The van der Waals surface area contributed by atoms with E-state index in [9.17, 15) is 13.7 Å². The van der Waals surface area contributed by atoms with Crippen LogP contribution in [0.5, 0.6) is 5.75 Å². The van der Waals surface area contributed by atoms with E-state index in [1.807, 2.05) is 0 Å². The average Bonchev–Trinajstić information content (AvgIpc) is 2.54. The number of ether oxygens (including phenoxy) is 1. The largest absolute Gasteiger partial charge is 0.497 e. The van der Waals surface area contributed by atoms with E-state index < -0.39 is 9.84 Å². The van der Waals surface area contributed by atoms with Gasteiger partial charge in [-0.2, -0.15) is 5.26 Å². The third-order valence-electron chi connectivity index (χ3n) is 3.20. The summed E-state index contributed by atoms with van der Waals surface area (Å²) >= 11 is 0. The van der Waals surface area contributed by atoms with Crippen LogP contribution >= 0.6 is 0 Å². The number of benzene rings is 2. The Labute approximate surface area is 135 Å². The second kappa shape index (κ2) is 6.99. The van der Waals surface area contributed by atoms with Crippen LogP contribution < -0.4 is 10.5 Å². The highest BCUT2D eigenvalue weighted by Gasteiger charge is 2.18. The zero-order valence-electron chi connectivity index (χ0n) is 12.6. The van der Waals surface area contributed by atoms with Crippen LogP contribution in [0.15, 0.2) is 53.4 Å². The molecule has 0 aromatic heterocycles.